The van der Waals surface area contributed by atoms with Crippen LogP contribution in [0.15, 0.2) is 29.2 Å². The third-order valence-electron chi connectivity index (χ3n) is 6.13. The van der Waals surface area contributed by atoms with Crippen LogP contribution in [0.2, 0.25) is 0 Å². The fraction of sp³-hybridized carbons (Fsp3) is 0.682. The Kier molecular flexibility index (Phi) is 7.56. The first kappa shape index (κ1) is 25.0. The van der Waals surface area contributed by atoms with E-state index in [0.717, 1.165) is 12.1 Å². The number of nitrogens with one attached hydrogen (secondary N) is 1. The Hall–Kier alpha value is -1.65. The molecule has 0 aromatic heterocycles. The van der Waals surface area contributed by atoms with Crippen molar-refractivity contribution >= 4 is 15.9 Å². The van der Waals surface area contributed by atoms with Gasteiger partial charge in [0.15, 0.2) is 0 Å². The minimum Gasteiger partial charge on any atom is -0.341 e. The van der Waals surface area contributed by atoms with Gasteiger partial charge >= 0.3 is 6.18 Å². The number of sulfonamides is 1. The van der Waals surface area contributed by atoms with Crippen LogP contribution in [0, 0.1) is 5.92 Å². The molecule has 1 aromatic carbocycles. The molecule has 0 radical (unpaired) electrons. The molecule has 0 bridgehead atoms. The number of nitrogens with zero attached hydrogens (tertiary/aromatic N) is 2. The van der Waals surface area contributed by atoms with Crippen molar-refractivity contribution in [1.82, 2.24) is 14.5 Å². The molecule has 180 valence electrons. The normalized spacial score (nSPS) is 19.6. The fourth-order valence-electron chi connectivity index (χ4n) is 4.35. The summed E-state index contributed by atoms with van der Waals surface area (Å²) in [4.78, 5) is 14.3. The maximum absolute atomic E-state index is 13.4. The molecule has 1 saturated carbocycles. The molecule has 1 unspecified atom stereocenters. The van der Waals surface area contributed by atoms with Gasteiger partial charge in [-0.3, -0.25) is 4.79 Å². The van der Waals surface area contributed by atoms with E-state index < -0.39 is 21.8 Å². The summed E-state index contributed by atoms with van der Waals surface area (Å²) >= 11 is 0. The van der Waals surface area contributed by atoms with E-state index in [0.29, 0.717) is 57.2 Å². The smallest absolute Gasteiger partial charge is 0.341 e. The van der Waals surface area contributed by atoms with E-state index in [2.05, 4.69) is 19.2 Å². The molecule has 3 rings (SSSR count). The van der Waals surface area contributed by atoms with Gasteiger partial charge in [-0.25, -0.2) is 8.42 Å². The monoisotopic (exact) mass is 475 g/mol. The van der Waals surface area contributed by atoms with Crippen LogP contribution in [0.3, 0.4) is 0 Å². The highest BCUT2D eigenvalue weighted by Gasteiger charge is 2.44. The molecule has 10 heteroatoms. The number of hydrogen-bond donors (Lipinski definition) is 1. The van der Waals surface area contributed by atoms with Crippen molar-refractivity contribution in [3.05, 3.63) is 29.8 Å². The number of carbonyl (C=O) groups excluding carboxylic acids is 1. The van der Waals surface area contributed by atoms with Crippen LogP contribution < -0.4 is 5.32 Å². The third kappa shape index (κ3) is 5.63. The highest BCUT2D eigenvalue weighted by molar-refractivity contribution is 7.89. The van der Waals surface area contributed by atoms with E-state index in [1.165, 1.54) is 10.4 Å². The van der Waals surface area contributed by atoms with Gasteiger partial charge in [-0.2, -0.15) is 17.5 Å². The first-order valence-corrected chi connectivity index (χ1v) is 12.6. The number of benzene rings is 1. The summed E-state index contributed by atoms with van der Waals surface area (Å²) in [5, 5.41) is 3.07. The number of carbonyl (C=O) groups is 1. The summed E-state index contributed by atoms with van der Waals surface area (Å²) in [6, 6.07) is 3.15. The SMILES string of the molecule is CNC(CC(C)C)C(=O)N1CCC(N(C2CC2)S(=O)(=O)c2cccc(C(F)(F)F)c2)CC1. The predicted octanol–water partition coefficient (Wildman–Crippen LogP) is 3.48. The second-order valence-electron chi connectivity index (χ2n) is 9.12. The largest absolute Gasteiger partial charge is 0.416 e. The Bertz CT molecular complexity index is 908. The molecule has 1 aliphatic carbocycles. The van der Waals surface area contributed by atoms with Crippen LogP contribution in [-0.2, 0) is 21.0 Å². The topological polar surface area (TPSA) is 69.7 Å². The molecule has 1 amide bonds. The summed E-state index contributed by atoms with van der Waals surface area (Å²) < 4.78 is 67.5. The minimum atomic E-state index is -4.61. The van der Waals surface area contributed by atoms with E-state index >= 15 is 0 Å². The van der Waals surface area contributed by atoms with Gasteiger partial charge in [0.1, 0.15) is 0 Å². The van der Waals surface area contributed by atoms with Crippen LogP contribution in [0.1, 0.15) is 51.5 Å². The van der Waals surface area contributed by atoms with E-state index in [4.69, 9.17) is 0 Å². The van der Waals surface area contributed by atoms with Gasteiger partial charge in [0.25, 0.3) is 0 Å². The van der Waals surface area contributed by atoms with E-state index in [-0.39, 0.29) is 28.9 Å². The maximum atomic E-state index is 13.4. The van der Waals surface area contributed by atoms with E-state index in [9.17, 15) is 26.4 Å². The molecule has 1 saturated heterocycles. The maximum Gasteiger partial charge on any atom is 0.416 e. The van der Waals surface area contributed by atoms with Gasteiger partial charge in [-0.1, -0.05) is 19.9 Å². The lowest BCUT2D eigenvalue weighted by molar-refractivity contribution is -0.137. The number of hydrogen-bond acceptors (Lipinski definition) is 4. The highest BCUT2D eigenvalue weighted by atomic mass is 32.2. The average molecular weight is 476 g/mol. The van der Waals surface area contributed by atoms with Crippen LogP contribution in [0.5, 0.6) is 0 Å². The van der Waals surface area contributed by atoms with Crippen molar-refractivity contribution in [2.24, 2.45) is 5.92 Å². The number of halogens is 3. The van der Waals surface area contributed by atoms with Crippen molar-refractivity contribution in [1.29, 1.82) is 0 Å². The van der Waals surface area contributed by atoms with Crippen molar-refractivity contribution in [2.45, 2.75) is 75.1 Å². The van der Waals surface area contributed by atoms with Gasteiger partial charge in [0, 0.05) is 25.2 Å². The van der Waals surface area contributed by atoms with Gasteiger partial charge in [0.2, 0.25) is 15.9 Å². The number of piperidine rings is 1. The first-order chi connectivity index (χ1) is 14.9. The first-order valence-electron chi connectivity index (χ1n) is 11.1. The standard InChI is InChI=1S/C22H32F3N3O3S/c1-15(2)13-20(26-3)21(29)27-11-9-18(10-12-27)28(17-7-8-17)32(30,31)19-6-4-5-16(14-19)22(23,24)25/h4-6,14-15,17-18,20,26H,7-13H2,1-3H3. The Morgan fingerprint density at radius 3 is 2.25 bits per heavy atom. The Balaban J connectivity index is 1.75. The average Bonchev–Trinajstić information content (AvgIpc) is 3.56. The number of likely N-dealkylation sites (N-methyl/N-ethyl adjacent to an activating group) is 1. The molecule has 2 fully saturated rings. The molecular weight excluding hydrogens is 443 g/mol. The quantitative estimate of drug-likeness (QED) is 0.625. The van der Waals surface area contributed by atoms with Crippen LogP contribution in [0.25, 0.3) is 0 Å². The zero-order chi connectivity index (χ0) is 23.7. The molecular formula is C22H32F3N3O3S. The summed E-state index contributed by atoms with van der Waals surface area (Å²) in [7, 11) is -2.32. The predicted molar refractivity (Wildman–Crippen MR) is 115 cm³/mol. The summed E-state index contributed by atoms with van der Waals surface area (Å²) in [6.45, 7) is 4.97. The van der Waals surface area contributed by atoms with Crippen molar-refractivity contribution in [2.75, 3.05) is 20.1 Å². The molecule has 1 heterocycles. The Morgan fingerprint density at radius 2 is 1.75 bits per heavy atom. The van der Waals surface area contributed by atoms with Crippen molar-refractivity contribution < 1.29 is 26.4 Å². The number of likely N-dealkylation sites (tertiary alicyclic amines) is 1. The van der Waals surface area contributed by atoms with E-state index in [1.54, 1.807) is 11.9 Å². The van der Waals surface area contributed by atoms with Crippen molar-refractivity contribution in [3.63, 3.8) is 0 Å². The molecule has 0 spiro atoms. The molecule has 1 atom stereocenters. The van der Waals surface area contributed by atoms with Gasteiger partial charge in [-0.05, 0) is 63.3 Å². The second-order valence-corrected chi connectivity index (χ2v) is 11.0. The summed E-state index contributed by atoms with van der Waals surface area (Å²) in [5.41, 5.74) is -0.974. The molecule has 2 aliphatic rings. The van der Waals surface area contributed by atoms with Gasteiger partial charge in [0.05, 0.1) is 16.5 Å². The molecule has 1 N–H and O–H groups in total. The van der Waals surface area contributed by atoms with E-state index in [1.807, 2.05) is 0 Å². The van der Waals surface area contributed by atoms with Gasteiger partial charge in [-0.15, -0.1) is 0 Å². The zero-order valence-corrected chi connectivity index (χ0v) is 19.5. The second kappa shape index (κ2) is 9.69. The van der Waals surface area contributed by atoms with Crippen LogP contribution in [0.4, 0.5) is 13.2 Å². The Morgan fingerprint density at radius 1 is 1.16 bits per heavy atom. The van der Waals surface area contributed by atoms with Crippen molar-refractivity contribution in [3.8, 4) is 0 Å². The molecule has 1 aliphatic heterocycles. The van der Waals surface area contributed by atoms with Gasteiger partial charge < -0.3 is 10.2 Å². The van der Waals surface area contributed by atoms with Crippen LogP contribution in [-0.4, -0.2) is 61.8 Å². The third-order valence-corrected chi connectivity index (χ3v) is 8.13. The van der Waals surface area contributed by atoms with Crippen LogP contribution >= 0.6 is 0 Å². The molecule has 6 nitrogen and oxygen atoms in total. The summed E-state index contributed by atoms with van der Waals surface area (Å²) in [6.07, 6.45) is -1.55. The summed E-state index contributed by atoms with van der Waals surface area (Å²) in [5.74, 6) is 0.371. The number of rotatable bonds is 8. The minimum absolute atomic E-state index is 0.0124. The fourth-order valence-corrected chi connectivity index (χ4v) is 6.33. The highest BCUT2D eigenvalue weighted by Crippen LogP contribution is 2.38. The molecule has 1 aromatic rings. The Labute approximate surface area is 188 Å². The lowest BCUT2D eigenvalue weighted by Crippen LogP contribution is -2.53. The number of amides is 1. The molecule has 32 heavy (non-hydrogen) atoms. The lowest BCUT2D eigenvalue weighted by Gasteiger charge is -2.39. The zero-order valence-electron chi connectivity index (χ0n) is 18.7. The lowest BCUT2D eigenvalue weighted by atomic mass is 10.00. The number of alkyl halides is 3.